The summed E-state index contributed by atoms with van der Waals surface area (Å²) in [5.74, 6) is 0. The molecule has 1 fully saturated rings. The molecule has 0 bridgehead atoms. The molecule has 0 aromatic carbocycles. The van der Waals surface area contributed by atoms with Gasteiger partial charge in [0.1, 0.15) is 6.23 Å². The van der Waals surface area contributed by atoms with E-state index in [1.165, 1.54) is 0 Å². The maximum Gasteiger partial charge on any atom is 0.121 e. The van der Waals surface area contributed by atoms with E-state index in [0.717, 1.165) is 39.4 Å². The van der Waals surface area contributed by atoms with E-state index >= 15 is 0 Å². The van der Waals surface area contributed by atoms with Crippen molar-refractivity contribution in [1.82, 2.24) is 10.2 Å². The molecular formula is C9H20N2O2. The van der Waals surface area contributed by atoms with E-state index in [1.807, 2.05) is 0 Å². The molecule has 0 aliphatic carbocycles. The van der Waals surface area contributed by atoms with E-state index in [2.05, 4.69) is 17.1 Å². The second kappa shape index (κ2) is 6.32. The minimum Gasteiger partial charge on any atom is -0.383 e. The third-order valence-corrected chi connectivity index (χ3v) is 2.19. The third-order valence-electron chi connectivity index (χ3n) is 2.19. The van der Waals surface area contributed by atoms with Gasteiger partial charge >= 0.3 is 0 Å². The molecule has 0 amide bonds. The lowest BCUT2D eigenvalue weighted by atomic mass is 10.3. The van der Waals surface area contributed by atoms with Crippen molar-refractivity contribution >= 4 is 0 Å². The molecule has 0 spiro atoms. The van der Waals surface area contributed by atoms with Crippen molar-refractivity contribution in [1.29, 1.82) is 0 Å². The molecule has 1 saturated heterocycles. The summed E-state index contributed by atoms with van der Waals surface area (Å²) in [5, 5.41) is 3.29. The maximum atomic E-state index is 5.53. The topological polar surface area (TPSA) is 33.7 Å². The first kappa shape index (κ1) is 10.9. The number of methoxy groups -OCH3 is 1. The fourth-order valence-electron chi connectivity index (χ4n) is 1.48. The number of nitrogens with one attached hydrogen (secondary N) is 1. The summed E-state index contributed by atoms with van der Waals surface area (Å²) in [5.41, 5.74) is 0. The molecule has 1 atom stereocenters. The fourth-order valence-corrected chi connectivity index (χ4v) is 1.48. The average Bonchev–Trinajstić information content (AvgIpc) is 2.16. The van der Waals surface area contributed by atoms with Crippen LogP contribution in [0.1, 0.15) is 6.92 Å². The van der Waals surface area contributed by atoms with E-state index in [1.54, 1.807) is 7.11 Å². The van der Waals surface area contributed by atoms with Gasteiger partial charge in [-0.15, -0.1) is 0 Å². The molecule has 1 unspecified atom stereocenters. The molecule has 0 saturated carbocycles. The van der Waals surface area contributed by atoms with Gasteiger partial charge in [0.25, 0.3) is 0 Å². The molecule has 78 valence electrons. The highest BCUT2D eigenvalue weighted by Gasteiger charge is 2.18. The van der Waals surface area contributed by atoms with Crippen molar-refractivity contribution in [3.05, 3.63) is 0 Å². The first-order valence-electron chi connectivity index (χ1n) is 4.93. The van der Waals surface area contributed by atoms with Crippen molar-refractivity contribution in [2.75, 3.05) is 46.5 Å². The van der Waals surface area contributed by atoms with Crippen molar-refractivity contribution in [2.45, 2.75) is 13.2 Å². The number of morpholine rings is 1. The number of ether oxygens (including phenoxy) is 2. The zero-order valence-corrected chi connectivity index (χ0v) is 8.58. The summed E-state index contributed by atoms with van der Waals surface area (Å²) in [6.07, 6.45) is 0.204. The minimum absolute atomic E-state index is 0.204. The highest BCUT2D eigenvalue weighted by atomic mass is 16.5. The Balaban J connectivity index is 2.16. The van der Waals surface area contributed by atoms with Gasteiger partial charge in [0.2, 0.25) is 0 Å². The van der Waals surface area contributed by atoms with Gasteiger partial charge in [-0.2, -0.15) is 0 Å². The maximum absolute atomic E-state index is 5.53. The Labute approximate surface area is 80.2 Å². The first-order chi connectivity index (χ1) is 6.36. The van der Waals surface area contributed by atoms with E-state index in [4.69, 9.17) is 9.47 Å². The van der Waals surface area contributed by atoms with Crippen LogP contribution >= 0.6 is 0 Å². The van der Waals surface area contributed by atoms with Gasteiger partial charge in [-0.05, 0) is 6.54 Å². The van der Waals surface area contributed by atoms with Crippen LogP contribution in [-0.4, -0.2) is 57.6 Å². The largest absolute Gasteiger partial charge is 0.383 e. The molecule has 1 aliphatic heterocycles. The second-order valence-electron chi connectivity index (χ2n) is 3.21. The van der Waals surface area contributed by atoms with Gasteiger partial charge < -0.3 is 9.47 Å². The second-order valence-corrected chi connectivity index (χ2v) is 3.21. The smallest absolute Gasteiger partial charge is 0.121 e. The van der Waals surface area contributed by atoms with Crippen molar-refractivity contribution in [3.63, 3.8) is 0 Å². The van der Waals surface area contributed by atoms with Crippen LogP contribution in [0.4, 0.5) is 0 Å². The lowest BCUT2D eigenvalue weighted by molar-refractivity contribution is -0.0490. The third kappa shape index (κ3) is 4.04. The highest BCUT2D eigenvalue weighted by molar-refractivity contribution is 4.68. The zero-order valence-electron chi connectivity index (χ0n) is 8.58. The van der Waals surface area contributed by atoms with Crippen LogP contribution < -0.4 is 5.32 Å². The minimum atomic E-state index is 0.204. The summed E-state index contributed by atoms with van der Waals surface area (Å²) < 4.78 is 10.6. The highest BCUT2D eigenvalue weighted by Crippen LogP contribution is 2.01. The Hall–Kier alpha value is -0.160. The van der Waals surface area contributed by atoms with Gasteiger partial charge in [-0.1, -0.05) is 6.92 Å². The van der Waals surface area contributed by atoms with Crippen LogP contribution in [0.3, 0.4) is 0 Å². The Morgan fingerprint density at radius 2 is 2.46 bits per heavy atom. The van der Waals surface area contributed by atoms with E-state index in [-0.39, 0.29) is 6.23 Å². The first-order valence-corrected chi connectivity index (χ1v) is 4.93. The van der Waals surface area contributed by atoms with Crippen LogP contribution in [0.5, 0.6) is 0 Å². The van der Waals surface area contributed by atoms with Gasteiger partial charge in [-0.25, -0.2) is 0 Å². The summed E-state index contributed by atoms with van der Waals surface area (Å²) in [4.78, 5) is 2.36. The van der Waals surface area contributed by atoms with E-state index < -0.39 is 0 Å². The molecule has 1 aliphatic rings. The number of hydrogen-bond acceptors (Lipinski definition) is 4. The number of rotatable bonds is 5. The predicted octanol–water partition coefficient (Wildman–Crippen LogP) is -0.0994. The Bertz CT molecular complexity index is 131. The molecule has 0 aromatic heterocycles. The quantitative estimate of drug-likeness (QED) is 0.653. The van der Waals surface area contributed by atoms with Crippen LogP contribution in [-0.2, 0) is 9.47 Å². The molecule has 0 aromatic rings. The van der Waals surface area contributed by atoms with Crippen LogP contribution in [0.2, 0.25) is 0 Å². The summed E-state index contributed by atoms with van der Waals surface area (Å²) >= 11 is 0. The van der Waals surface area contributed by atoms with Crippen LogP contribution in [0.15, 0.2) is 0 Å². The van der Waals surface area contributed by atoms with Crippen molar-refractivity contribution in [2.24, 2.45) is 0 Å². The Morgan fingerprint density at radius 3 is 3.15 bits per heavy atom. The summed E-state index contributed by atoms with van der Waals surface area (Å²) in [7, 11) is 1.74. The van der Waals surface area contributed by atoms with Crippen LogP contribution in [0, 0.1) is 0 Å². The van der Waals surface area contributed by atoms with Gasteiger partial charge in [0.15, 0.2) is 0 Å². The SMILES string of the molecule is CCNC1CN(CCOC)CCO1. The van der Waals surface area contributed by atoms with E-state index in [0.29, 0.717) is 0 Å². The van der Waals surface area contributed by atoms with E-state index in [9.17, 15) is 0 Å². The molecule has 1 rings (SSSR count). The van der Waals surface area contributed by atoms with Crippen molar-refractivity contribution < 1.29 is 9.47 Å². The molecule has 4 heteroatoms. The summed E-state index contributed by atoms with van der Waals surface area (Å²) in [6, 6.07) is 0. The fraction of sp³-hybridized carbons (Fsp3) is 1.00. The molecular weight excluding hydrogens is 168 g/mol. The lowest BCUT2D eigenvalue weighted by Gasteiger charge is -2.32. The standard InChI is InChI=1S/C9H20N2O2/c1-3-10-9-8-11(4-6-12-2)5-7-13-9/h9-10H,3-8H2,1-2H3. The lowest BCUT2D eigenvalue weighted by Crippen LogP contribution is -2.49. The van der Waals surface area contributed by atoms with Gasteiger partial charge in [0, 0.05) is 26.7 Å². The molecule has 1 N–H and O–H groups in total. The molecule has 13 heavy (non-hydrogen) atoms. The number of likely N-dealkylation sites (N-methyl/N-ethyl adjacent to an activating group) is 1. The Kier molecular flexibility index (Phi) is 5.31. The summed E-state index contributed by atoms with van der Waals surface area (Å²) in [6.45, 7) is 7.67. The molecule has 0 radical (unpaired) electrons. The normalized spacial score (nSPS) is 24.9. The van der Waals surface area contributed by atoms with Gasteiger partial charge in [-0.3, -0.25) is 10.2 Å². The monoisotopic (exact) mass is 188 g/mol. The average molecular weight is 188 g/mol. The number of hydrogen-bond donors (Lipinski definition) is 1. The van der Waals surface area contributed by atoms with Gasteiger partial charge in [0.05, 0.1) is 13.2 Å². The predicted molar refractivity (Wildman–Crippen MR) is 51.7 cm³/mol. The Morgan fingerprint density at radius 1 is 1.62 bits per heavy atom. The number of nitrogens with zero attached hydrogens (tertiary/aromatic N) is 1. The van der Waals surface area contributed by atoms with Crippen LogP contribution in [0.25, 0.3) is 0 Å². The molecule has 1 heterocycles. The zero-order chi connectivity index (χ0) is 9.52. The van der Waals surface area contributed by atoms with Crippen molar-refractivity contribution in [3.8, 4) is 0 Å². The molecule has 4 nitrogen and oxygen atoms in total.